The van der Waals surface area contributed by atoms with E-state index in [1.165, 1.54) is 6.20 Å². The summed E-state index contributed by atoms with van der Waals surface area (Å²) >= 11 is 6.12. The lowest BCUT2D eigenvalue weighted by Crippen LogP contribution is -2.21. The predicted molar refractivity (Wildman–Crippen MR) is 80.4 cm³/mol. The molecular formula is C15H18ClN3O. The Labute approximate surface area is 124 Å². The van der Waals surface area contributed by atoms with E-state index in [4.69, 9.17) is 11.6 Å². The number of ketones is 1. The first-order valence-corrected chi connectivity index (χ1v) is 6.84. The van der Waals surface area contributed by atoms with Crippen LogP contribution < -0.4 is 0 Å². The van der Waals surface area contributed by atoms with Crippen molar-refractivity contribution in [2.24, 2.45) is 0 Å². The summed E-state index contributed by atoms with van der Waals surface area (Å²) in [5, 5.41) is 4.59. The third-order valence-corrected chi connectivity index (χ3v) is 3.36. The van der Waals surface area contributed by atoms with E-state index in [9.17, 15) is 4.79 Å². The van der Waals surface area contributed by atoms with Gasteiger partial charge in [0.2, 0.25) is 5.78 Å². The maximum absolute atomic E-state index is 12.5. The Morgan fingerprint density at radius 1 is 1.30 bits per heavy atom. The van der Waals surface area contributed by atoms with Crippen LogP contribution in [0.25, 0.3) is 0 Å². The summed E-state index contributed by atoms with van der Waals surface area (Å²) < 4.78 is 1.67. The SMILES string of the molecule is Cc1ccc(C(=O)c2c(Cl)cnn2CCN(C)C)cc1. The summed E-state index contributed by atoms with van der Waals surface area (Å²) in [6, 6.07) is 7.47. The van der Waals surface area contributed by atoms with E-state index in [1.54, 1.807) is 4.68 Å². The van der Waals surface area contributed by atoms with E-state index in [0.717, 1.165) is 12.1 Å². The van der Waals surface area contributed by atoms with Gasteiger partial charge in [0, 0.05) is 12.1 Å². The standard InChI is InChI=1S/C15H18ClN3O/c1-11-4-6-12(7-5-11)15(20)14-13(16)10-17-19(14)9-8-18(2)3/h4-7,10H,8-9H2,1-3H3. The van der Waals surface area contributed by atoms with Gasteiger partial charge in [0.1, 0.15) is 5.69 Å². The van der Waals surface area contributed by atoms with Crippen LogP contribution >= 0.6 is 11.6 Å². The molecule has 106 valence electrons. The van der Waals surface area contributed by atoms with Gasteiger partial charge in [-0.15, -0.1) is 0 Å². The van der Waals surface area contributed by atoms with Crippen molar-refractivity contribution in [2.75, 3.05) is 20.6 Å². The van der Waals surface area contributed by atoms with Crippen molar-refractivity contribution in [3.8, 4) is 0 Å². The fraction of sp³-hybridized carbons (Fsp3) is 0.333. The maximum Gasteiger partial charge on any atom is 0.212 e. The molecule has 2 aromatic rings. The van der Waals surface area contributed by atoms with Crippen LogP contribution in [-0.4, -0.2) is 41.1 Å². The molecule has 1 heterocycles. The number of hydrogen-bond acceptors (Lipinski definition) is 3. The van der Waals surface area contributed by atoms with Crippen molar-refractivity contribution in [3.05, 3.63) is 52.3 Å². The zero-order chi connectivity index (χ0) is 14.7. The molecule has 1 aromatic heterocycles. The second-order valence-electron chi connectivity index (χ2n) is 5.06. The molecule has 0 aliphatic heterocycles. The normalized spacial score (nSPS) is 11.1. The Morgan fingerprint density at radius 2 is 1.95 bits per heavy atom. The molecule has 0 N–H and O–H groups in total. The Hall–Kier alpha value is -1.65. The Balaban J connectivity index is 2.29. The minimum absolute atomic E-state index is 0.0914. The number of rotatable bonds is 5. The van der Waals surface area contributed by atoms with Gasteiger partial charge in [-0.05, 0) is 21.0 Å². The smallest absolute Gasteiger partial charge is 0.212 e. The number of likely N-dealkylation sites (N-methyl/N-ethyl adjacent to an activating group) is 1. The molecule has 20 heavy (non-hydrogen) atoms. The van der Waals surface area contributed by atoms with E-state index >= 15 is 0 Å². The van der Waals surface area contributed by atoms with Gasteiger partial charge in [0.05, 0.1) is 17.8 Å². The van der Waals surface area contributed by atoms with Crippen LogP contribution in [0.15, 0.2) is 30.5 Å². The number of hydrogen-bond donors (Lipinski definition) is 0. The Morgan fingerprint density at radius 3 is 2.55 bits per heavy atom. The molecule has 2 rings (SSSR count). The summed E-state index contributed by atoms with van der Waals surface area (Å²) in [4.78, 5) is 14.6. The van der Waals surface area contributed by atoms with Crippen LogP contribution in [0.3, 0.4) is 0 Å². The van der Waals surface area contributed by atoms with Gasteiger partial charge in [-0.25, -0.2) is 0 Å². The molecule has 0 aliphatic rings. The van der Waals surface area contributed by atoms with Gasteiger partial charge in [-0.2, -0.15) is 5.10 Å². The second-order valence-corrected chi connectivity index (χ2v) is 5.47. The number of benzene rings is 1. The zero-order valence-corrected chi connectivity index (χ0v) is 12.7. The van der Waals surface area contributed by atoms with Crippen molar-refractivity contribution in [1.29, 1.82) is 0 Å². The molecule has 0 unspecified atom stereocenters. The molecule has 4 nitrogen and oxygen atoms in total. The van der Waals surface area contributed by atoms with E-state index < -0.39 is 0 Å². The molecule has 0 bridgehead atoms. The monoisotopic (exact) mass is 291 g/mol. The van der Waals surface area contributed by atoms with E-state index in [-0.39, 0.29) is 5.78 Å². The molecule has 0 radical (unpaired) electrons. The zero-order valence-electron chi connectivity index (χ0n) is 11.9. The number of nitrogens with zero attached hydrogens (tertiary/aromatic N) is 3. The van der Waals surface area contributed by atoms with Gasteiger partial charge in [-0.3, -0.25) is 9.48 Å². The van der Waals surface area contributed by atoms with Crippen LogP contribution in [0.5, 0.6) is 0 Å². The van der Waals surface area contributed by atoms with Crippen LogP contribution in [0.2, 0.25) is 5.02 Å². The van der Waals surface area contributed by atoms with Crippen molar-refractivity contribution in [1.82, 2.24) is 14.7 Å². The molecule has 0 spiro atoms. The molecular weight excluding hydrogens is 274 g/mol. The van der Waals surface area contributed by atoms with Crippen molar-refractivity contribution in [3.63, 3.8) is 0 Å². The van der Waals surface area contributed by atoms with Gasteiger partial charge in [0.15, 0.2) is 0 Å². The largest absolute Gasteiger partial charge is 0.308 e. The molecule has 0 fully saturated rings. The van der Waals surface area contributed by atoms with Gasteiger partial charge in [0.25, 0.3) is 0 Å². The van der Waals surface area contributed by atoms with Gasteiger partial charge in [-0.1, -0.05) is 41.4 Å². The Bertz CT molecular complexity index is 602. The molecule has 5 heteroatoms. The first-order valence-electron chi connectivity index (χ1n) is 6.46. The quantitative estimate of drug-likeness (QED) is 0.795. The summed E-state index contributed by atoms with van der Waals surface area (Å²) in [7, 11) is 3.96. The lowest BCUT2D eigenvalue weighted by molar-refractivity contribution is 0.102. The molecule has 0 amide bonds. The van der Waals surface area contributed by atoms with Gasteiger partial charge < -0.3 is 4.90 Å². The van der Waals surface area contributed by atoms with Crippen molar-refractivity contribution in [2.45, 2.75) is 13.5 Å². The van der Waals surface area contributed by atoms with E-state index in [2.05, 4.69) is 5.10 Å². The third-order valence-electron chi connectivity index (χ3n) is 3.08. The van der Waals surface area contributed by atoms with E-state index in [0.29, 0.717) is 22.8 Å². The molecule has 0 aliphatic carbocycles. The van der Waals surface area contributed by atoms with Crippen molar-refractivity contribution >= 4 is 17.4 Å². The minimum atomic E-state index is -0.0914. The van der Waals surface area contributed by atoms with Crippen LogP contribution in [0.4, 0.5) is 0 Å². The van der Waals surface area contributed by atoms with Crippen LogP contribution in [0, 0.1) is 6.92 Å². The number of aromatic nitrogens is 2. The Kier molecular flexibility index (Phi) is 4.57. The van der Waals surface area contributed by atoms with Crippen molar-refractivity contribution < 1.29 is 4.79 Å². The van der Waals surface area contributed by atoms with E-state index in [1.807, 2.05) is 50.2 Å². The second kappa shape index (κ2) is 6.20. The summed E-state index contributed by atoms with van der Waals surface area (Å²) in [5.41, 5.74) is 2.20. The summed E-state index contributed by atoms with van der Waals surface area (Å²) in [6.07, 6.45) is 1.53. The number of carbonyl (C=O) groups excluding carboxylic acids is 1. The highest BCUT2D eigenvalue weighted by atomic mass is 35.5. The first kappa shape index (κ1) is 14.8. The van der Waals surface area contributed by atoms with Gasteiger partial charge >= 0.3 is 0 Å². The number of aryl methyl sites for hydroxylation is 1. The highest BCUT2D eigenvalue weighted by molar-refractivity contribution is 6.34. The lowest BCUT2D eigenvalue weighted by atomic mass is 10.1. The predicted octanol–water partition coefficient (Wildman–Crippen LogP) is 2.64. The first-order chi connectivity index (χ1) is 9.49. The highest BCUT2D eigenvalue weighted by Gasteiger charge is 2.19. The average Bonchev–Trinajstić information content (AvgIpc) is 2.77. The fourth-order valence-electron chi connectivity index (χ4n) is 1.89. The number of halogens is 1. The highest BCUT2D eigenvalue weighted by Crippen LogP contribution is 2.19. The fourth-order valence-corrected chi connectivity index (χ4v) is 2.12. The molecule has 0 saturated carbocycles. The maximum atomic E-state index is 12.5. The molecule has 0 atom stereocenters. The summed E-state index contributed by atoms with van der Waals surface area (Å²) in [5.74, 6) is -0.0914. The summed E-state index contributed by atoms with van der Waals surface area (Å²) in [6.45, 7) is 3.42. The molecule has 0 saturated heterocycles. The van der Waals surface area contributed by atoms with Crippen LogP contribution in [-0.2, 0) is 6.54 Å². The number of carbonyl (C=O) groups is 1. The lowest BCUT2D eigenvalue weighted by Gasteiger charge is -2.11. The average molecular weight is 292 g/mol. The third kappa shape index (κ3) is 3.26. The molecule has 1 aromatic carbocycles. The topological polar surface area (TPSA) is 38.1 Å². The minimum Gasteiger partial charge on any atom is -0.308 e. The van der Waals surface area contributed by atoms with Crippen LogP contribution in [0.1, 0.15) is 21.6 Å².